The molecular weight excluding hydrogens is 152 g/mol. The Bertz CT molecular complexity index is 280. The fraction of sp³-hybridized carbons (Fsp3) is 0.400. The lowest BCUT2D eigenvalue weighted by Gasteiger charge is -2.00. The summed E-state index contributed by atoms with van der Waals surface area (Å²) >= 11 is 0. The van der Waals surface area contributed by atoms with E-state index in [0.717, 1.165) is 11.1 Å². The van der Waals surface area contributed by atoms with E-state index in [1.54, 1.807) is 6.08 Å². The summed E-state index contributed by atoms with van der Waals surface area (Å²) in [7, 11) is 0. The molecular formula is C10H12O2. The second kappa shape index (κ2) is 3.53. The van der Waals surface area contributed by atoms with Crippen LogP contribution in [0.1, 0.15) is 19.8 Å². The molecule has 2 nitrogen and oxygen atoms in total. The number of aliphatic hydroxyl groups is 1. The normalized spacial score (nSPS) is 22.8. The third kappa shape index (κ3) is 1.40. The smallest absolute Gasteiger partial charge is 0.128 e. The molecule has 0 bridgehead atoms. The van der Waals surface area contributed by atoms with Crippen LogP contribution in [-0.4, -0.2) is 17.2 Å². The van der Waals surface area contributed by atoms with Gasteiger partial charge < -0.3 is 5.11 Å². The average Bonchev–Trinajstić information content (AvgIpc) is 2.33. The predicted molar refractivity (Wildman–Crippen MR) is 47.3 cm³/mol. The van der Waals surface area contributed by atoms with Gasteiger partial charge in [0.25, 0.3) is 0 Å². The van der Waals surface area contributed by atoms with Crippen molar-refractivity contribution in [1.82, 2.24) is 0 Å². The van der Waals surface area contributed by atoms with Crippen molar-refractivity contribution < 1.29 is 9.90 Å². The molecule has 0 saturated heterocycles. The minimum absolute atomic E-state index is 0.415. The van der Waals surface area contributed by atoms with Gasteiger partial charge in [-0.25, -0.2) is 4.79 Å². The summed E-state index contributed by atoms with van der Waals surface area (Å²) in [6.45, 7) is 5.43. The van der Waals surface area contributed by atoms with Gasteiger partial charge in [-0.3, -0.25) is 0 Å². The maximum Gasteiger partial charge on any atom is 0.128 e. The Morgan fingerprint density at radius 2 is 2.50 bits per heavy atom. The number of hydrogen-bond acceptors (Lipinski definition) is 2. The molecule has 0 saturated carbocycles. The van der Waals surface area contributed by atoms with E-state index in [-0.39, 0.29) is 0 Å². The average molecular weight is 164 g/mol. The maximum atomic E-state index is 10.4. The van der Waals surface area contributed by atoms with E-state index in [4.69, 9.17) is 0 Å². The van der Waals surface area contributed by atoms with Crippen molar-refractivity contribution in [2.45, 2.75) is 25.9 Å². The zero-order chi connectivity index (χ0) is 9.14. The molecule has 0 amide bonds. The van der Waals surface area contributed by atoms with Crippen LogP contribution in [0.25, 0.3) is 0 Å². The van der Waals surface area contributed by atoms with Crippen LogP contribution in [0.4, 0.5) is 0 Å². The molecule has 1 unspecified atom stereocenters. The van der Waals surface area contributed by atoms with Crippen molar-refractivity contribution in [3.05, 3.63) is 29.4 Å². The molecule has 1 aliphatic rings. The third-order valence-electron chi connectivity index (χ3n) is 2.21. The molecule has 12 heavy (non-hydrogen) atoms. The van der Waals surface area contributed by atoms with Gasteiger partial charge in [0.2, 0.25) is 0 Å². The number of rotatable bonds is 2. The van der Waals surface area contributed by atoms with Crippen molar-refractivity contribution >= 4 is 5.94 Å². The third-order valence-corrected chi connectivity index (χ3v) is 2.21. The topological polar surface area (TPSA) is 37.3 Å². The molecule has 0 aromatic rings. The highest BCUT2D eigenvalue weighted by Crippen LogP contribution is 2.31. The monoisotopic (exact) mass is 164 g/mol. The highest BCUT2D eigenvalue weighted by atomic mass is 16.3. The molecule has 2 heteroatoms. The molecule has 64 valence electrons. The van der Waals surface area contributed by atoms with Crippen molar-refractivity contribution in [3.8, 4) is 0 Å². The minimum atomic E-state index is -0.489. The van der Waals surface area contributed by atoms with Crippen LogP contribution in [0.5, 0.6) is 0 Å². The molecule has 1 rings (SSSR count). The standard InChI is InChI=1S/C10H12O2/c1-3-4-9-7(2)10(12)5-8(9)6-11/h3,10,12H,1,4-5H2,2H3. The summed E-state index contributed by atoms with van der Waals surface area (Å²) in [5.41, 5.74) is 2.39. The molecule has 0 spiro atoms. The van der Waals surface area contributed by atoms with E-state index in [0.29, 0.717) is 18.4 Å². The van der Waals surface area contributed by atoms with Gasteiger partial charge in [-0.05, 0) is 24.5 Å². The van der Waals surface area contributed by atoms with Gasteiger partial charge in [0.15, 0.2) is 0 Å². The highest BCUT2D eigenvalue weighted by Gasteiger charge is 2.24. The molecule has 0 aromatic heterocycles. The first-order valence-corrected chi connectivity index (χ1v) is 3.93. The van der Waals surface area contributed by atoms with Crippen molar-refractivity contribution in [2.75, 3.05) is 0 Å². The van der Waals surface area contributed by atoms with Crippen molar-refractivity contribution in [2.24, 2.45) is 0 Å². The van der Waals surface area contributed by atoms with E-state index in [1.807, 2.05) is 12.9 Å². The SMILES string of the molecule is C=CCC1=C(C)C(O)CC1=C=O. The van der Waals surface area contributed by atoms with Gasteiger partial charge in [0, 0.05) is 12.0 Å². The Hall–Kier alpha value is -1.11. The lowest BCUT2D eigenvalue weighted by atomic mass is 10.1. The van der Waals surface area contributed by atoms with Crippen LogP contribution in [0.3, 0.4) is 0 Å². The van der Waals surface area contributed by atoms with Gasteiger partial charge in [0.1, 0.15) is 5.94 Å². The summed E-state index contributed by atoms with van der Waals surface area (Å²) < 4.78 is 0. The van der Waals surface area contributed by atoms with Crippen LogP contribution in [0.2, 0.25) is 0 Å². The van der Waals surface area contributed by atoms with E-state index in [2.05, 4.69) is 6.58 Å². The van der Waals surface area contributed by atoms with Crippen LogP contribution in [0, 0.1) is 0 Å². The summed E-state index contributed by atoms with van der Waals surface area (Å²) in [4.78, 5) is 10.4. The van der Waals surface area contributed by atoms with Crippen molar-refractivity contribution in [1.29, 1.82) is 0 Å². The second-order valence-corrected chi connectivity index (χ2v) is 2.95. The van der Waals surface area contributed by atoms with E-state index >= 15 is 0 Å². The fourth-order valence-electron chi connectivity index (χ4n) is 1.44. The molecule has 0 aromatic carbocycles. The number of aliphatic hydroxyl groups excluding tert-OH is 1. The lowest BCUT2D eigenvalue weighted by molar-refractivity contribution is 0.219. The Morgan fingerprint density at radius 1 is 1.83 bits per heavy atom. The maximum absolute atomic E-state index is 10.4. The molecule has 0 aliphatic heterocycles. The number of carbonyl (C=O) groups excluding carboxylic acids is 1. The van der Waals surface area contributed by atoms with E-state index in [1.165, 1.54) is 0 Å². The quantitative estimate of drug-likeness (QED) is 0.495. The summed E-state index contributed by atoms with van der Waals surface area (Å²) in [5.74, 6) is 1.86. The summed E-state index contributed by atoms with van der Waals surface area (Å²) in [5, 5.41) is 9.40. The van der Waals surface area contributed by atoms with Crippen LogP contribution >= 0.6 is 0 Å². The minimum Gasteiger partial charge on any atom is -0.388 e. The molecule has 1 aliphatic carbocycles. The largest absolute Gasteiger partial charge is 0.388 e. The molecule has 0 fully saturated rings. The van der Waals surface area contributed by atoms with Gasteiger partial charge in [-0.1, -0.05) is 6.08 Å². The zero-order valence-electron chi connectivity index (χ0n) is 7.13. The van der Waals surface area contributed by atoms with E-state index in [9.17, 15) is 9.90 Å². The Balaban J connectivity index is 3.02. The second-order valence-electron chi connectivity index (χ2n) is 2.95. The molecule has 0 radical (unpaired) electrons. The van der Waals surface area contributed by atoms with Gasteiger partial charge in [-0.2, -0.15) is 0 Å². The van der Waals surface area contributed by atoms with E-state index < -0.39 is 6.10 Å². The molecule has 1 N–H and O–H groups in total. The Labute approximate surface area is 71.9 Å². The highest BCUT2D eigenvalue weighted by molar-refractivity contribution is 5.65. The predicted octanol–water partition coefficient (Wildman–Crippen LogP) is 1.40. The fourth-order valence-corrected chi connectivity index (χ4v) is 1.44. The van der Waals surface area contributed by atoms with Crippen LogP contribution < -0.4 is 0 Å². The van der Waals surface area contributed by atoms with Gasteiger partial charge in [0.05, 0.1) is 6.10 Å². The van der Waals surface area contributed by atoms with Gasteiger partial charge >= 0.3 is 0 Å². The van der Waals surface area contributed by atoms with Crippen LogP contribution in [-0.2, 0) is 4.79 Å². The van der Waals surface area contributed by atoms with Crippen LogP contribution in [0.15, 0.2) is 29.4 Å². The first-order chi connectivity index (χ1) is 5.70. The van der Waals surface area contributed by atoms with Crippen molar-refractivity contribution in [3.63, 3.8) is 0 Å². The Kier molecular flexibility index (Phi) is 2.64. The summed E-state index contributed by atoms with van der Waals surface area (Å²) in [6.07, 6.45) is 2.30. The van der Waals surface area contributed by atoms with Gasteiger partial charge in [-0.15, -0.1) is 6.58 Å². The number of hydrogen-bond donors (Lipinski definition) is 1. The zero-order valence-corrected chi connectivity index (χ0v) is 7.13. The molecule has 1 atom stereocenters. The summed E-state index contributed by atoms with van der Waals surface area (Å²) in [6, 6.07) is 0. The first kappa shape index (κ1) is 8.98. The molecule has 0 heterocycles. The number of allylic oxidation sites excluding steroid dienone is 2. The first-order valence-electron chi connectivity index (χ1n) is 3.93. The lowest BCUT2D eigenvalue weighted by Crippen LogP contribution is -2.01. The Morgan fingerprint density at radius 3 is 3.00 bits per heavy atom.